The van der Waals surface area contributed by atoms with Crippen molar-refractivity contribution in [2.45, 2.75) is 18.7 Å². The Balaban J connectivity index is 1.40. The number of halogens is 1. The minimum atomic E-state index is -0.488. The molecule has 0 saturated heterocycles. The SMILES string of the molecule is Cc1ccc(NC(=O)CSc2ccc(NC(=O)/C(=C/c3cccc(Cl)c3)NC(=O)c3ccccc3)cc2)cc1C. The molecule has 0 radical (unpaired) electrons. The van der Waals surface area contributed by atoms with Crippen LogP contribution in [0.3, 0.4) is 0 Å². The Morgan fingerprint density at radius 2 is 1.50 bits per heavy atom. The number of hydrogen-bond donors (Lipinski definition) is 3. The number of anilines is 2. The maximum atomic E-state index is 13.2. The lowest BCUT2D eigenvalue weighted by atomic mass is 10.1. The molecule has 4 aromatic carbocycles. The van der Waals surface area contributed by atoms with Gasteiger partial charge in [-0.1, -0.05) is 48.0 Å². The average Bonchev–Trinajstić information content (AvgIpc) is 2.95. The van der Waals surface area contributed by atoms with E-state index in [-0.39, 0.29) is 17.4 Å². The summed E-state index contributed by atoms with van der Waals surface area (Å²) in [5, 5.41) is 8.96. The Labute approximate surface area is 242 Å². The van der Waals surface area contributed by atoms with Gasteiger partial charge in [0.1, 0.15) is 5.70 Å². The molecule has 0 spiro atoms. The number of carbonyl (C=O) groups is 3. The van der Waals surface area contributed by atoms with E-state index in [0.717, 1.165) is 16.1 Å². The Kier molecular flexibility index (Phi) is 9.78. The van der Waals surface area contributed by atoms with Crippen molar-refractivity contribution in [3.63, 3.8) is 0 Å². The summed E-state index contributed by atoms with van der Waals surface area (Å²) in [5.74, 6) is -0.751. The molecule has 0 heterocycles. The van der Waals surface area contributed by atoms with Gasteiger partial charge in [0.05, 0.1) is 5.75 Å². The van der Waals surface area contributed by atoms with Crippen LogP contribution in [0.25, 0.3) is 6.08 Å². The van der Waals surface area contributed by atoms with E-state index in [2.05, 4.69) is 16.0 Å². The predicted octanol–water partition coefficient (Wildman–Crippen LogP) is 7.10. The standard InChI is InChI=1S/C32H28ClN3O3S/c1-21-11-12-27(17-22(21)2)34-30(37)20-40-28-15-13-26(14-16-28)35-32(39)29(19-23-7-6-10-25(33)18-23)36-31(38)24-8-4-3-5-9-24/h3-19H,20H2,1-2H3,(H,34,37)(H,35,39)(H,36,38)/b29-19-. The monoisotopic (exact) mass is 569 g/mol. The summed E-state index contributed by atoms with van der Waals surface area (Å²) >= 11 is 7.50. The molecule has 0 aliphatic heterocycles. The summed E-state index contributed by atoms with van der Waals surface area (Å²) in [4.78, 5) is 39.3. The van der Waals surface area contributed by atoms with Gasteiger partial charge in [-0.25, -0.2) is 0 Å². The minimum absolute atomic E-state index is 0.0672. The molecule has 6 nitrogen and oxygen atoms in total. The van der Waals surface area contributed by atoms with Gasteiger partial charge in [-0.3, -0.25) is 14.4 Å². The average molecular weight is 570 g/mol. The van der Waals surface area contributed by atoms with Crippen LogP contribution in [-0.4, -0.2) is 23.5 Å². The first-order valence-corrected chi connectivity index (χ1v) is 13.9. The van der Waals surface area contributed by atoms with E-state index in [1.54, 1.807) is 66.7 Å². The third-order valence-corrected chi connectivity index (χ3v) is 7.21. The van der Waals surface area contributed by atoms with Crippen LogP contribution in [-0.2, 0) is 9.59 Å². The molecule has 0 aliphatic rings. The molecule has 40 heavy (non-hydrogen) atoms. The molecule has 0 fully saturated rings. The Hall–Kier alpha value is -4.33. The second kappa shape index (κ2) is 13.6. The van der Waals surface area contributed by atoms with Gasteiger partial charge in [-0.15, -0.1) is 11.8 Å². The molecule has 3 amide bonds. The number of rotatable bonds is 9. The largest absolute Gasteiger partial charge is 0.325 e. The summed E-state index contributed by atoms with van der Waals surface area (Å²) in [6, 6.07) is 28.6. The van der Waals surface area contributed by atoms with E-state index < -0.39 is 11.8 Å². The number of benzene rings is 4. The zero-order valence-electron chi connectivity index (χ0n) is 22.0. The highest BCUT2D eigenvalue weighted by Crippen LogP contribution is 2.22. The third-order valence-electron chi connectivity index (χ3n) is 5.96. The number of aryl methyl sites for hydroxylation is 2. The first kappa shape index (κ1) is 28.7. The van der Waals surface area contributed by atoms with Crippen LogP contribution in [0.15, 0.2) is 108 Å². The molecule has 0 bridgehead atoms. The molecule has 0 atom stereocenters. The molecule has 0 aromatic heterocycles. The highest BCUT2D eigenvalue weighted by molar-refractivity contribution is 8.00. The van der Waals surface area contributed by atoms with Crippen molar-refractivity contribution in [3.8, 4) is 0 Å². The van der Waals surface area contributed by atoms with E-state index in [4.69, 9.17) is 11.6 Å². The molecule has 202 valence electrons. The highest BCUT2D eigenvalue weighted by Gasteiger charge is 2.15. The van der Waals surface area contributed by atoms with Crippen LogP contribution in [0.5, 0.6) is 0 Å². The fourth-order valence-electron chi connectivity index (χ4n) is 3.70. The van der Waals surface area contributed by atoms with Crippen molar-refractivity contribution in [2.24, 2.45) is 0 Å². The van der Waals surface area contributed by atoms with Crippen molar-refractivity contribution in [2.75, 3.05) is 16.4 Å². The van der Waals surface area contributed by atoms with Gasteiger partial charge in [0.2, 0.25) is 5.91 Å². The van der Waals surface area contributed by atoms with Crippen molar-refractivity contribution < 1.29 is 14.4 Å². The number of hydrogen-bond acceptors (Lipinski definition) is 4. The zero-order valence-corrected chi connectivity index (χ0v) is 23.6. The molecular formula is C32H28ClN3O3S. The van der Waals surface area contributed by atoms with Gasteiger partial charge in [0.25, 0.3) is 11.8 Å². The van der Waals surface area contributed by atoms with Crippen LogP contribution < -0.4 is 16.0 Å². The second-order valence-electron chi connectivity index (χ2n) is 9.05. The first-order valence-electron chi connectivity index (χ1n) is 12.5. The van der Waals surface area contributed by atoms with E-state index in [9.17, 15) is 14.4 Å². The van der Waals surface area contributed by atoms with Gasteiger partial charge in [0, 0.05) is 26.9 Å². The quantitative estimate of drug-likeness (QED) is 0.148. The van der Waals surface area contributed by atoms with Gasteiger partial charge < -0.3 is 16.0 Å². The predicted molar refractivity (Wildman–Crippen MR) is 164 cm³/mol. The number of nitrogens with one attached hydrogen (secondary N) is 3. The van der Waals surface area contributed by atoms with Crippen LogP contribution >= 0.6 is 23.4 Å². The number of carbonyl (C=O) groups excluding carboxylic acids is 3. The maximum absolute atomic E-state index is 13.2. The molecule has 4 rings (SSSR count). The first-order chi connectivity index (χ1) is 19.3. The summed E-state index contributed by atoms with van der Waals surface area (Å²) < 4.78 is 0. The molecule has 8 heteroatoms. The van der Waals surface area contributed by atoms with Crippen molar-refractivity contribution in [1.29, 1.82) is 0 Å². The smallest absolute Gasteiger partial charge is 0.272 e. The summed E-state index contributed by atoms with van der Waals surface area (Å²) in [7, 11) is 0. The topological polar surface area (TPSA) is 87.3 Å². The Morgan fingerprint density at radius 3 is 2.20 bits per heavy atom. The minimum Gasteiger partial charge on any atom is -0.325 e. The molecule has 0 saturated carbocycles. The van der Waals surface area contributed by atoms with Gasteiger partial charge in [-0.05, 0) is 97.3 Å². The molecular weight excluding hydrogens is 542 g/mol. The van der Waals surface area contributed by atoms with Crippen LogP contribution in [0.1, 0.15) is 27.0 Å². The summed E-state index contributed by atoms with van der Waals surface area (Å²) in [5.41, 5.74) is 4.76. The Bertz CT molecular complexity index is 1550. The molecule has 4 aromatic rings. The zero-order chi connectivity index (χ0) is 28.5. The second-order valence-corrected chi connectivity index (χ2v) is 10.5. The van der Waals surface area contributed by atoms with Gasteiger partial charge >= 0.3 is 0 Å². The lowest BCUT2D eigenvalue weighted by molar-refractivity contribution is -0.114. The fraction of sp³-hybridized carbons (Fsp3) is 0.0938. The van der Waals surface area contributed by atoms with Crippen molar-refractivity contribution in [1.82, 2.24) is 5.32 Å². The molecule has 0 unspecified atom stereocenters. The summed E-state index contributed by atoms with van der Waals surface area (Å²) in [6.07, 6.45) is 1.57. The van der Waals surface area contributed by atoms with Crippen molar-refractivity contribution in [3.05, 3.63) is 130 Å². The van der Waals surface area contributed by atoms with Gasteiger partial charge in [-0.2, -0.15) is 0 Å². The number of thioether (sulfide) groups is 1. The highest BCUT2D eigenvalue weighted by atomic mass is 35.5. The van der Waals surface area contributed by atoms with E-state index in [1.165, 1.54) is 17.3 Å². The molecule has 3 N–H and O–H groups in total. The summed E-state index contributed by atoms with van der Waals surface area (Å²) in [6.45, 7) is 4.04. The lowest BCUT2D eigenvalue weighted by Gasteiger charge is -2.12. The Morgan fingerprint density at radius 1 is 0.775 bits per heavy atom. The fourth-order valence-corrected chi connectivity index (χ4v) is 4.60. The van der Waals surface area contributed by atoms with E-state index >= 15 is 0 Å². The van der Waals surface area contributed by atoms with Crippen LogP contribution in [0, 0.1) is 13.8 Å². The normalized spacial score (nSPS) is 11.0. The van der Waals surface area contributed by atoms with Crippen LogP contribution in [0.2, 0.25) is 5.02 Å². The van der Waals surface area contributed by atoms with Crippen LogP contribution in [0.4, 0.5) is 11.4 Å². The maximum Gasteiger partial charge on any atom is 0.272 e. The van der Waals surface area contributed by atoms with Gasteiger partial charge in [0.15, 0.2) is 0 Å². The third kappa shape index (κ3) is 8.33. The lowest BCUT2D eigenvalue weighted by Crippen LogP contribution is -2.30. The van der Waals surface area contributed by atoms with E-state index in [1.807, 2.05) is 50.2 Å². The molecule has 0 aliphatic carbocycles. The number of amides is 3. The van der Waals surface area contributed by atoms with Crippen molar-refractivity contribution >= 4 is 58.5 Å². The van der Waals surface area contributed by atoms with E-state index in [0.29, 0.717) is 21.8 Å².